The molecule has 0 spiro atoms. The van der Waals surface area contributed by atoms with Crippen LogP contribution in [0.3, 0.4) is 0 Å². The minimum absolute atomic E-state index is 0. The first-order chi connectivity index (χ1) is 14.8. The first-order valence-corrected chi connectivity index (χ1v) is 11.4. The molecule has 0 saturated carbocycles. The average molecular weight is 456 g/mol. The van der Waals surface area contributed by atoms with E-state index in [0.29, 0.717) is 19.1 Å². The highest BCUT2D eigenvalue weighted by Gasteiger charge is 2.21. The van der Waals surface area contributed by atoms with Gasteiger partial charge in [0.15, 0.2) is 0 Å². The Balaban J connectivity index is 0.00000363. The summed E-state index contributed by atoms with van der Waals surface area (Å²) in [7, 11) is 0. The molecule has 0 heterocycles. The van der Waals surface area contributed by atoms with E-state index in [2.05, 4.69) is 87.6 Å². The van der Waals surface area contributed by atoms with Crippen LogP contribution in [0.15, 0.2) is 72.8 Å². The molecule has 2 N–H and O–H groups in total. The summed E-state index contributed by atoms with van der Waals surface area (Å²) >= 11 is 0. The van der Waals surface area contributed by atoms with Crippen molar-refractivity contribution in [1.82, 2.24) is 5.32 Å². The van der Waals surface area contributed by atoms with Gasteiger partial charge in [-0.15, -0.1) is 12.4 Å². The van der Waals surface area contributed by atoms with E-state index in [1.165, 1.54) is 21.9 Å². The lowest BCUT2D eigenvalue weighted by Gasteiger charge is -2.29. The van der Waals surface area contributed by atoms with E-state index in [1.54, 1.807) is 0 Å². The molecule has 0 aliphatic rings. The quantitative estimate of drug-likeness (QED) is 0.354. The molecule has 3 rings (SSSR count). The van der Waals surface area contributed by atoms with Gasteiger partial charge in [-0.25, -0.2) is 0 Å². The summed E-state index contributed by atoms with van der Waals surface area (Å²) in [5.74, 6) is 0.529. The lowest BCUT2D eigenvalue weighted by molar-refractivity contribution is -0.0198. The molecule has 0 aliphatic heterocycles. The number of fused-ring (bicyclic) bond motifs is 1. The van der Waals surface area contributed by atoms with Crippen LogP contribution in [-0.2, 0) is 11.2 Å². The standard InChI is InChI=1S/C28H37NO2.ClH/c1-21(2)16-27(24-11-6-5-7-12-24)31-20-26(30)19-29-28(3,4)18-22-14-15-23-10-8-9-13-25(23)17-22;/h5-15,17,21,26-27,29-30H,16,18-20H2,1-4H3;1H/t26-,27?;/m1./s1. The molecule has 0 aliphatic carbocycles. The van der Waals surface area contributed by atoms with Crippen molar-refractivity contribution in [3.05, 3.63) is 83.9 Å². The van der Waals surface area contributed by atoms with Crippen LogP contribution < -0.4 is 5.32 Å². The van der Waals surface area contributed by atoms with Gasteiger partial charge in [0, 0.05) is 12.1 Å². The number of hydrogen-bond acceptors (Lipinski definition) is 3. The highest BCUT2D eigenvalue weighted by molar-refractivity contribution is 5.85. The maximum atomic E-state index is 10.6. The van der Waals surface area contributed by atoms with E-state index in [4.69, 9.17) is 4.74 Å². The van der Waals surface area contributed by atoms with Crippen molar-refractivity contribution in [1.29, 1.82) is 0 Å². The third kappa shape index (κ3) is 8.22. The van der Waals surface area contributed by atoms with E-state index >= 15 is 0 Å². The molecule has 32 heavy (non-hydrogen) atoms. The van der Waals surface area contributed by atoms with Crippen LogP contribution in [0.1, 0.15) is 51.3 Å². The predicted molar refractivity (Wildman–Crippen MR) is 138 cm³/mol. The minimum Gasteiger partial charge on any atom is -0.389 e. The van der Waals surface area contributed by atoms with Crippen LogP contribution in [0.5, 0.6) is 0 Å². The molecule has 0 radical (unpaired) electrons. The molecule has 4 heteroatoms. The average Bonchev–Trinajstić information content (AvgIpc) is 2.75. The second-order valence-electron chi connectivity index (χ2n) is 9.64. The van der Waals surface area contributed by atoms with Gasteiger partial charge in [-0.1, -0.05) is 86.6 Å². The summed E-state index contributed by atoms with van der Waals surface area (Å²) in [5, 5.41) is 16.6. The molecule has 0 amide bonds. The molecule has 3 aromatic rings. The van der Waals surface area contributed by atoms with E-state index in [1.807, 2.05) is 18.2 Å². The summed E-state index contributed by atoms with van der Waals surface area (Å²) in [5.41, 5.74) is 2.34. The number of rotatable bonds is 11. The molecule has 3 aromatic carbocycles. The Kier molecular flexibility index (Phi) is 10.2. The van der Waals surface area contributed by atoms with Crippen molar-refractivity contribution in [3.8, 4) is 0 Å². The van der Waals surface area contributed by atoms with Gasteiger partial charge in [-0.3, -0.25) is 0 Å². The van der Waals surface area contributed by atoms with Crippen molar-refractivity contribution in [3.63, 3.8) is 0 Å². The molecular weight excluding hydrogens is 418 g/mol. The highest BCUT2D eigenvalue weighted by Crippen LogP contribution is 2.25. The molecule has 174 valence electrons. The Morgan fingerprint density at radius 3 is 2.25 bits per heavy atom. The van der Waals surface area contributed by atoms with Crippen LogP contribution >= 0.6 is 12.4 Å². The van der Waals surface area contributed by atoms with Gasteiger partial charge in [0.05, 0.1) is 18.8 Å². The van der Waals surface area contributed by atoms with Crippen molar-refractivity contribution >= 4 is 23.2 Å². The minimum atomic E-state index is -0.547. The van der Waals surface area contributed by atoms with Crippen molar-refractivity contribution in [2.45, 2.75) is 58.3 Å². The number of aliphatic hydroxyl groups excluding tert-OH is 1. The number of benzene rings is 3. The topological polar surface area (TPSA) is 41.5 Å². The van der Waals surface area contributed by atoms with Crippen LogP contribution in [0.2, 0.25) is 0 Å². The number of ether oxygens (including phenoxy) is 1. The highest BCUT2D eigenvalue weighted by atomic mass is 35.5. The van der Waals surface area contributed by atoms with E-state index in [-0.39, 0.29) is 24.0 Å². The zero-order chi connectivity index (χ0) is 22.3. The summed E-state index contributed by atoms with van der Waals surface area (Å²) in [6, 6.07) is 25.4. The lowest BCUT2D eigenvalue weighted by Crippen LogP contribution is -2.46. The molecule has 0 saturated heterocycles. The first-order valence-electron chi connectivity index (χ1n) is 11.4. The van der Waals surface area contributed by atoms with Crippen molar-refractivity contribution in [2.24, 2.45) is 5.92 Å². The summed E-state index contributed by atoms with van der Waals surface area (Å²) in [4.78, 5) is 0. The SMILES string of the molecule is CC(C)CC(OC[C@H](O)CNC(C)(C)Cc1ccc2ccccc2c1)c1ccccc1.Cl. The van der Waals surface area contributed by atoms with Gasteiger partial charge in [0.1, 0.15) is 0 Å². The smallest absolute Gasteiger partial charge is 0.0898 e. The van der Waals surface area contributed by atoms with Gasteiger partial charge < -0.3 is 15.2 Å². The third-order valence-electron chi connectivity index (χ3n) is 5.62. The van der Waals surface area contributed by atoms with Crippen molar-refractivity contribution < 1.29 is 9.84 Å². The number of β-amino-alcohol motifs (C(OH)–C–C–N with tert-alkyl or cyclic N) is 1. The fourth-order valence-electron chi connectivity index (χ4n) is 4.00. The lowest BCUT2D eigenvalue weighted by atomic mass is 9.93. The Hall–Kier alpha value is -1.91. The Labute approximate surface area is 199 Å². The molecule has 0 fully saturated rings. The van der Waals surface area contributed by atoms with Crippen molar-refractivity contribution in [2.75, 3.05) is 13.2 Å². The Morgan fingerprint density at radius 2 is 1.56 bits per heavy atom. The third-order valence-corrected chi connectivity index (χ3v) is 5.62. The number of nitrogens with one attached hydrogen (secondary N) is 1. The van der Waals surface area contributed by atoms with E-state index in [0.717, 1.165) is 12.8 Å². The fourth-order valence-corrected chi connectivity index (χ4v) is 4.00. The van der Waals surface area contributed by atoms with Crippen LogP contribution in [0, 0.1) is 5.92 Å². The Bertz CT molecular complexity index is 942. The van der Waals surface area contributed by atoms with Gasteiger partial charge in [0.25, 0.3) is 0 Å². The van der Waals surface area contributed by atoms with Gasteiger partial charge in [0.2, 0.25) is 0 Å². The second-order valence-corrected chi connectivity index (χ2v) is 9.64. The largest absolute Gasteiger partial charge is 0.389 e. The molecule has 3 nitrogen and oxygen atoms in total. The van der Waals surface area contributed by atoms with Gasteiger partial charge in [-0.05, 0) is 54.5 Å². The summed E-state index contributed by atoms with van der Waals surface area (Å²) in [6.45, 7) is 9.59. The number of halogens is 1. The summed E-state index contributed by atoms with van der Waals surface area (Å²) < 4.78 is 6.14. The maximum absolute atomic E-state index is 10.6. The first kappa shape index (κ1) is 26.3. The van der Waals surface area contributed by atoms with Crippen LogP contribution in [0.4, 0.5) is 0 Å². The second kappa shape index (κ2) is 12.4. The van der Waals surface area contributed by atoms with E-state index < -0.39 is 6.10 Å². The maximum Gasteiger partial charge on any atom is 0.0898 e. The normalized spacial score (nSPS) is 13.7. The van der Waals surface area contributed by atoms with E-state index in [9.17, 15) is 5.11 Å². The fraction of sp³-hybridized carbons (Fsp3) is 0.429. The zero-order valence-corrected chi connectivity index (χ0v) is 20.6. The summed E-state index contributed by atoms with van der Waals surface area (Å²) in [6.07, 6.45) is 1.30. The zero-order valence-electron chi connectivity index (χ0n) is 19.8. The predicted octanol–water partition coefficient (Wildman–Crippen LogP) is 6.34. The number of aliphatic hydroxyl groups is 1. The van der Waals surface area contributed by atoms with Crippen LogP contribution in [-0.4, -0.2) is 29.9 Å². The Morgan fingerprint density at radius 1 is 0.906 bits per heavy atom. The molecule has 0 aromatic heterocycles. The van der Waals surface area contributed by atoms with Gasteiger partial charge in [-0.2, -0.15) is 0 Å². The van der Waals surface area contributed by atoms with Crippen LogP contribution in [0.25, 0.3) is 10.8 Å². The molecule has 1 unspecified atom stereocenters. The monoisotopic (exact) mass is 455 g/mol. The molecule has 2 atom stereocenters. The van der Waals surface area contributed by atoms with Gasteiger partial charge >= 0.3 is 0 Å². The molecular formula is C28H38ClNO2. The number of hydrogen-bond donors (Lipinski definition) is 2. The molecule has 0 bridgehead atoms.